The summed E-state index contributed by atoms with van der Waals surface area (Å²) in [5.41, 5.74) is 2.13. The van der Waals surface area contributed by atoms with Gasteiger partial charge in [-0.25, -0.2) is 4.79 Å². The fraction of sp³-hybridized carbons (Fsp3) is 0.115. The SMILES string of the molecule is CCOC(=O)c1ccc(NC(=O)/C(C#N)=C/c2cc(Br)c(OCc3ccc(Cl)c(Cl)c3)c(Br)c2)cc1. The Hall–Kier alpha value is -2.83. The van der Waals surface area contributed by atoms with E-state index in [1.165, 1.54) is 18.2 Å². The lowest BCUT2D eigenvalue weighted by Crippen LogP contribution is -2.13. The molecule has 1 N–H and O–H groups in total. The highest BCUT2D eigenvalue weighted by Gasteiger charge is 2.14. The van der Waals surface area contributed by atoms with Crippen molar-refractivity contribution in [3.05, 3.63) is 95.9 Å². The first kappa shape index (κ1) is 27.8. The fourth-order valence-corrected chi connectivity index (χ4v) is 4.77. The zero-order valence-electron chi connectivity index (χ0n) is 18.8. The van der Waals surface area contributed by atoms with E-state index < -0.39 is 11.9 Å². The van der Waals surface area contributed by atoms with Crippen molar-refractivity contribution in [3.63, 3.8) is 0 Å². The summed E-state index contributed by atoms with van der Waals surface area (Å²) in [7, 11) is 0. The van der Waals surface area contributed by atoms with Gasteiger partial charge in [0.05, 0.1) is 31.2 Å². The molecule has 0 aromatic heterocycles. The summed E-state index contributed by atoms with van der Waals surface area (Å²) < 4.78 is 12.1. The highest BCUT2D eigenvalue weighted by atomic mass is 79.9. The van der Waals surface area contributed by atoms with Gasteiger partial charge in [-0.05, 0) is 105 Å². The molecule has 36 heavy (non-hydrogen) atoms. The zero-order chi connectivity index (χ0) is 26.2. The first-order valence-electron chi connectivity index (χ1n) is 10.5. The van der Waals surface area contributed by atoms with Crippen LogP contribution in [0.25, 0.3) is 6.08 Å². The largest absolute Gasteiger partial charge is 0.487 e. The molecule has 0 bridgehead atoms. The average molecular weight is 653 g/mol. The molecule has 6 nitrogen and oxygen atoms in total. The number of esters is 1. The van der Waals surface area contributed by atoms with E-state index in [0.717, 1.165) is 5.56 Å². The number of rotatable bonds is 8. The molecule has 1 amide bonds. The number of carbonyl (C=O) groups is 2. The fourth-order valence-electron chi connectivity index (χ4n) is 3.00. The number of halogens is 4. The van der Waals surface area contributed by atoms with E-state index in [9.17, 15) is 14.9 Å². The number of hydrogen-bond donors (Lipinski definition) is 1. The first-order valence-corrected chi connectivity index (χ1v) is 12.8. The number of benzene rings is 3. The van der Waals surface area contributed by atoms with Crippen LogP contribution in [-0.2, 0) is 16.1 Å². The summed E-state index contributed by atoms with van der Waals surface area (Å²) in [5, 5.41) is 13.1. The number of carbonyl (C=O) groups excluding carboxylic acids is 2. The first-order chi connectivity index (χ1) is 17.2. The second kappa shape index (κ2) is 12.9. The summed E-state index contributed by atoms with van der Waals surface area (Å²) in [4.78, 5) is 24.4. The van der Waals surface area contributed by atoms with Gasteiger partial charge in [0.2, 0.25) is 0 Å². The maximum Gasteiger partial charge on any atom is 0.338 e. The third kappa shape index (κ3) is 7.34. The highest BCUT2D eigenvalue weighted by molar-refractivity contribution is 9.11. The van der Waals surface area contributed by atoms with Crippen LogP contribution in [0.3, 0.4) is 0 Å². The number of nitrogens with zero attached hydrogens (tertiary/aromatic N) is 1. The Bertz CT molecular complexity index is 1350. The quantitative estimate of drug-likeness (QED) is 0.152. The van der Waals surface area contributed by atoms with Gasteiger partial charge in [0.15, 0.2) is 0 Å². The molecule has 0 aliphatic rings. The standard InChI is InChI=1S/C26H18Br2Cl2N2O4/c1-2-35-26(34)17-4-6-19(7-5-17)32-25(33)18(13-31)9-16-10-20(27)24(21(28)11-16)36-14-15-3-8-22(29)23(30)12-15/h3-12H,2,14H2,1H3,(H,32,33)/b18-9+. The molecule has 184 valence electrons. The average Bonchev–Trinajstić information content (AvgIpc) is 2.84. The molecular formula is C26H18Br2Cl2N2O4. The van der Waals surface area contributed by atoms with Gasteiger partial charge in [-0.2, -0.15) is 5.26 Å². The molecule has 0 aliphatic carbocycles. The van der Waals surface area contributed by atoms with Crippen LogP contribution >= 0.6 is 55.1 Å². The van der Waals surface area contributed by atoms with Gasteiger partial charge >= 0.3 is 5.97 Å². The van der Waals surface area contributed by atoms with Crippen molar-refractivity contribution in [2.75, 3.05) is 11.9 Å². The van der Waals surface area contributed by atoms with Crippen molar-refractivity contribution in [2.24, 2.45) is 0 Å². The predicted molar refractivity (Wildman–Crippen MR) is 147 cm³/mol. The molecule has 0 spiro atoms. The van der Waals surface area contributed by atoms with Crippen LogP contribution in [0.5, 0.6) is 5.75 Å². The second-order valence-electron chi connectivity index (χ2n) is 7.27. The van der Waals surface area contributed by atoms with Crippen LogP contribution in [0.1, 0.15) is 28.4 Å². The van der Waals surface area contributed by atoms with Gasteiger partial charge in [-0.15, -0.1) is 0 Å². The van der Waals surface area contributed by atoms with Crippen molar-refractivity contribution < 1.29 is 19.1 Å². The van der Waals surface area contributed by atoms with Crippen molar-refractivity contribution in [2.45, 2.75) is 13.5 Å². The zero-order valence-corrected chi connectivity index (χ0v) is 23.5. The van der Waals surface area contributed by atoms with Gasteiger partial charge in [-0.3, -0.25) is 4.79 Å². The molecule has 0 fully saturated rings. The summed E-state index contributed by atoms with van der Waals surface area (Å²) >= 11 is 19.0. The van der Waals surface area contributed by atoms with Crippen molar-refractivity contribution in [1.82, 2.24) is 0 Å². The Kier molecular flexibility index (Phi) is 9.97. The van der Waals surface area contributed by atoms with E-state index in [1.807, 2.05) is 12.1 Å². The minimum atomic E-state index is -0.589. The van der Waals surface area contributed by atoms with Gasteiger partial charge < -0.3 is 14.8 Å². The van der Waals surface area contributed by atoms with Crippen molar-refractivity contribution in [1.29, 1.82) is 5.26 Å². The Labute approximate surface area is 235 Å². The Morgan fingerprint density at radius 2 is 1.69 bits per heavy atom. The highest BCUT2D eigenvalue weighted by Crippen LogP contribution is 2.36. The molecule has 10 heteroatoms. The van der Waals surface area contributed by atoms with E-state index in [2.05, 4.69) is 37.2 Å². The minimum Gasteiger partial charge on any atom is -0.487 e. The number of nitriles is 1. The lowest BCUT2D eigenvalue weighted by molar-refractivity contribution is -0.112. The molecule has 0 radical (unpaired) electrons. The van der Waals surface area contributed by atoms with Gasteiger partial charge in [0.1, 0.15) is 24.0 Å². The molecule has 3 aromatic carbocycles. The summed E-state index contributed by atoms with van der Waals surface area (Å²) in [6.07, 6.45) is 1.46. The molecule has 0 atom stereocenters. The van der Waals surface area contributed by atoms with Crippen LogP contribution in [0.15, 0.2) is 69.1 Å². The van der Waals surface area contributed by atoms with E-state index >= 15 is 0 Å². The van der Waals surface area contributed by atoms with Crippen LogP contribution in [0, 0.1) is 11.3 Å². The monoisotopic (exact) mass is 650 g/mol. The normalized spacial score (nSPS) is 10.9. The van der Waals surface area contributed by atoms with Gasteiger partial charge in [-0.1, -0.05) is 29.3 Å². The Morgan fingerprint density at radius 1 is 1.03 bits per heavy atom. The molecule has 0 aliphatic heterocycles. The molecular weight excluding hydrogens is 635 g/mol. The van der Waals surface area contributed by atoms with Gasteiger partial charge in [0.25, 0.3) is 5.91 Å². The van der Waals surface area contributed by atoms with Crippen LogP contribution < -0.4 is 10.1 Å². The molecule has 3 rings (SSSR count). The van der Waals surface area contributed by atoms with E-state index in [1.54, 1.807) is 43.3 Å². The number of anilines is 1. The molecule has 3 aromatic rings. The molecule has 0 saturated carbocycles. The van der Waals surface area contributed by atoms with E-state index in [0.29, 0.717) is 41.6 Å². The van der Waals surface area contributed by atoms with Crippen molar-refractivity contribution >= 4 is 78.7 Å². The molecule has 0 saturated heterocycles. The lowest BCUT2D eigenvalue weighted by atomic mass is 10.1. The smallest absolute Gasteiger partial charge is 0.338 e. The summed E-state index contributed by atoms with van der Waals surface area (Å²) in [6, 6.07) is 16.8. The number of nitrogens with one attached hydrogen (secondary N) is 1. The molecule has 0 heterocycles. The Morgan fingerprint density at radius 3 is 2.28 bits per heavy atom. The predicted octanol–water partition coefficient (Wildman–Crippen LogP) is 7.82. The van der Waals surface area contributed by atoms with Gasteiger partial charge in [0, 0.05) is 5.69 Å². The molecule has 0 unspecified atom stereocenters. The Balaban J connectivity index is 1.72. The third-order valence-electron chi connectivity index (χ3n) is 4.72. The topological polar surface area (TPSA) is 88.4 Å². The maximum atomic E-state index is 12.7. The van der Waals surface area contributed by atoms with E-state index in [4.69, 9.17) is 32.7 Å². The van der Waals surface area contributed by atoms with Crippen molar-refractivity contribution in [3.8, 4) is 11.8 Å². The number of hydrogen-bond acceptors (Lipinski definition) is 5. The van der Waals surface area contributed by atoms with Crippen LogP contribution in [0.4, 0.5) is 5.69 Å². The van der Waals surface area contributed by atoms with Crippen LogP contribution in [-0.4, -0.2) is 18.5 Å². The van der Waals surface area contributed by atoms with E-state index in [-0.39, 0.29) is 18.8 Å². The summed E-state index contributed by atoms with van der Waals surface area (Å²) in [6.45, 7) is 2.24. The second-order valence-corrected chi connectivity index (χ2v) is 9.80. The third-order valence-corrected chi connectivity index (χ3v) is 6.63. The summed E-state index contributed by atoms with van der Waals surface area (Å²) in [5.74, 6) is -0.495. The minimum absolute atomic E-state index is 0.104. The number of ether oxygens (including phenoxy) is 2. The maximum absolute atomic E-state index is 12.7. The lowest BCUT2D eigenvalue weighted by Gasteiger charge is -2.12. The number of amides is 1. The van der Waals surface area contributed by atoms with Crippen LogP contribution in [0.2, 0.25) is 10.0 Å².